The van der Waals surface area contributed by atoms with Gasteiger partial charge >= 0.3 is 0 Å². The first-order chi connectivity index (χ1) is 13.8. The molecule has 0 atom stereocenters. The molecule has 2 rings (SSSR count). The molecule has 0 radical (unpaired) electrons. The van der Waals surface area contributed by atoms with Crippen LogP contribution in [0.5, 0.6) is 0 Å². The number of nitrogens with one attached hydrogen (secondary N) is 2. The zero-order valence-corrected chi connectivity index (χ0v) is 17.8. The first kappa shape index (κ1) is 22.7. The maximum Gasteiger partial charge on any atom is 0.191 e. The summed E-state index contributed by atoms with van der Waals surface area (Å²) in [5, 5.41) is 6.75. The lowest BCUT2D eigenvalue weighted by Gasteiger charge is -2.34. The normalized spacial score (nSPS) is 16.3. The molecule has 1 aromatic carbocycles. The average Bonchev–Trinajstić information content (AvgIpc) is 2.73. The Morgan fingerprint density at radius 1 is 1.00 bits per heavy atom. The van der Waals surface area contributed by atoms with Crippen LogP contribution in [0.4, 0.5) is 0 Å². The van der Waals surface area contributed by atoms with E-state index in [0.29, 0.717) is 0 Å². The molecule has 28 heavy (non-hydrogen) atoms. The number of rotatable bonds is 12. The molecule has 6 heteroatoms. The fourth-order valence-corrected chi connectivity index (χ4v) is 3.42. The zero-order valence-electron chi connectivity index (χ0n) is 17.8. The third-order valence-corrected chi connectivity index (χ3v) is 5.03. The Hall–Kier alpha value is -1.63. The Kier molecular flexibility index (Phi) is 11.6. The maximum absolute atomic E-state index is 5.07. The summed E-state index contributed by atoms with van der Waals surface area (Å²) in [6.07, 6.45) is 3.37. The number of nitrogens with zero attached hydrogens (tertiary/aromatic N) is 3. The largest absolute Gasteiger partial charge is 0.385 e. The van der Waals surface area contributed by atoms with Gasteiger partial charge in [-0.2, -0.15) is 0 Å². The number of methoxy groups -OCH3 is 1. The summed E-state index contributed by atoms with van der Waals surface area (Å²) in [7, 11) is 1.73. The molecule has 1 aliphatic rings. The van der Waals surface area contributed by atoms with E-state index < -0.39 is 0 Å². The molecule has 0 bridgehead atoms. The first-order valence-corrected chi connectivity index (χ1v) is 10.8. The molecule has 1 aromatic rings. The Labute approximate surface area is 171 Å². The van der Waals surface area contributed by atoms with E-state index >= 15 is 0 Å². The van der Waals surface area contributed by atoms with Crippen molar-refractivity contribution in [3.05, 3.63) is 35.9 Å². The van der Waals surface area contributed by atoms with E-state index in [2.05, 4.69) is 62.7 Å². The summed E-state index contributed by atoms with van der Waals surface area (Å²) in [4.78, 5) is 9.75. The Morgan fingerprint density at radius 3 is 2.46 bits per heavy atom. The lowest BCUT2D eigenvalue weighted by molar-refractivity contribution is 0.126. The molecule has 0 amide bonds. The van der Waals surface area contributed by atoms with Crippen molar-refractivity contribution in [2.45, 2.75) is 32.7 Å². The van der Waals surface area contributed by atoms with Gasteiger partial charge in [0, 0.05) is 66.1 Å². The van der Waals surface area contributed by atoms with Crippen LogP contribution in [0.25, 0.3) is 0 Å². The summed E-state index contributed by atoms with van der Waals surface area (Å²) >= 11 is 0. The van der Waals surface area contributed by atoms with E-state index in [4.69, 9.17) is 4.74 Å². The van der Waals surface area contributed by atoms with Gasteiger partial charge in [0.2, 0.25) is 0 Å². The number of unbranched alkanes of at least 4 members (excludes halogenated alkanes) is 1. The van der Waals surface area contributed by atoms with Crippen LogP contribution >= 0.6 is 0 Å². The monoisotopic (exact) mass is 389 g/mol. The highest BCUT2D eigenvalue weighted by molar-refractivity contribution is 5.79. The molecular formula is C22H39N5O. The van der Waals surface area contributed by atoms with Crippen LogP contribution < -0.4 is 10.6 Å². The minimum absolute atomic E-state index is 0.765. The lowest BCUT2D eigenvalue weighted by atomic mass is 10.2. The summed E-state index contributed by atoms with van der Waals surface area (Å²) in [5.74, 6) is 0.924. The smallest absolute Gasteiger partial charge is 0.191 e. The van der Waals surface area contributed by atoms with Crippen LogP contribution in [-0.2, 0) is 11.3 Å². The standard InChI is InChI=1S/C22H39N5O/c1-3-23-22(25-13-9-19-28-2)24-12-7-8-14-26-15-17-27(18-16-26)20-21-10-5-4-6-11-21/h4-6,10-11H,3,7-9,12-20H2,1-2H3,(H2,23,24,25). The fraction of sp³-hybridized carbons (Fsp3) is 0.682. The SMILES string of the molecule is CCNC(=NCCCOC)NCCCCN1CCN(Cc2ccccc2)CC1. The molecule has 1 aliphatic heterocycles. The fourth-order valence-electron chi connectivity index (χ4n) is 3.42. The second-order valence-corrected chi connectivity index (χ2v) is 7.34. The van der Waals surface area contributed by atoms with Crippen molar-refractivity contribution in [2.24, 2.45) is 4.99 Å². The predicted octanol–water partition coefficient (Wildman–Crippen LogP) is 2.18. The summed E-state index contributed by atoms with van der Waals surface area (Å²) in [6.45, 7) is 12.5. The molecule has 0 aliphatic carbocycles. The zero-order chi connectivity index (χ0) is 19.9. The number of guanidine groups is 1. The quantitative estimate of drug-likeness (QED) is 0.326. The number of hydrogen-bond acceptors (Lipinski definition) is 4. The van der Waals surface area contributed by atoms with Gasteiger partial charge < -0.3 is 20.3 Å². The molecule has 0 aromatic heterocycles. The van der Waals surface area contributed by atoms with Crippen molar-refractivity contribution in [3.63, 3.8) is 0 Å². The van der Waals surface area contributed by atoms with E-state index in [1.54, 1.807) is 7.11 Å². The summed E-state index contributed by atoms with van der Waals surface area (Å²) < 4.78 is 5.07. The van der Waals surface area contributed by atoms with Crippen molar-refractivity contribution < 1.29 is 4.74 Å². The Bertz CT molecular complexity index is 529. The lowest BCUT2D eigenvalue weighted by Crippen LogP contribution is -2.46. The van der Waals surface area contributed by atoms with Crippen molar-refractivity contribution >= 4 is 5.96 Å². The van der Waals surface area contributed by atoms with Gasteiger partial charge in [-0.1, -0.05) is 30.3 Å². The van der Waals surface area contributed by atoms with Gasteiger partial charge in [0.1, 0.15) is 0 Å². The minimum Gasteiger partial charge on any atom is -0.385 e. The van der Waals surface area contributed by atoms with Crippen molar-refractivity contribution in [2.75, 3.05) is 66.1 Å². The molecule has 0 unspecified atom stereocenters. The molecule has 0 saturated carbocycles. The highest BCUT2D eigenvalue weighted by Gasteiger charge is 2.16. The van der Waals surface area contributed by atoms with E-state index in [0.717, 1.165) is 45.2 Å². The van der Waals surface area contributed by atoms with E-state index in [9.17, 15) is 0 Å². The second kappa shape index (κ2) is 14.4. The van der Waals surface area contributed by atoms with Crippen LogP contribution in [0.3, 0.4) is 0 Å². The third kappa shape index (κ3) is 9.53. The van der Waals surface area contributed by atoms with Gasteiger partial charge in [-0.3, -0.25) is 9.89 Å². The topological polar surface area (TPSA) is 52.1 Å². The van der Waals surface area contributed by atoms with Crippen molar-refractivity contribution in [1.29, 1.82) is 0 Å². The highest BCUT2D eigenvalue weighted by atomic mass is 16.5. The minimum atomic E-state index is 0.765. The van der Waals surface area contributed by atoms with Gasteiger partial charge in [-0.05, 0) is 38.3 Å². The summed E-state index contributed by atoms with van der Waals surface area (Å²) in [5.41, 5.74) is 1.42. The van der Waals surface area contributed by atoms with E-state index in [1.165, 1.54) is 51.1 Å². The van der Waals surface area contributed by atoms with Crippen molar-refractivity contribution in [1.82, 2.24) is 20.4 Å². The maximum atomic E-state index is 5.07. The van der Waals surface area contributed by atoms with Gasteiger partial charge in [0.25, 0.3) is 0 Å². The Balaban J connectivity index is 1.53. The molecule has 158 valence electrons. The van der Waals surface area contributed by atoms with Crippen molar-refractivity contribution in [3.8, 4) is 0 Å². The predicted molar refractivity (Wildman–Crippen MR) is 118 cm³/mol. The van der Waals surface area contributed by atoms with Crippen LogP contribution in [0.1, 0.15) is 31.7 Å². The number of piperazine rings is 1. The molecule has 1 heterocycles. The first-order valence-electron chi connectivity index (χ1n) is 10.8. The van der Waals surface area contributed by atoms with Crippen LogP contribution in [0, 0.1) is 0 Å². The third-order valence-electron chi connectivity index (χ3n) is 5.03. The molecular weight excluding hydrogens is 350 g/mol. The van der Waals surface area contributed by atoms with E-state index in [1.807, 2.05) is 0 Å². The molecule has 1 saturated heterocycles. The second-order valence-electron chi connectivity index (χ2n) is 7.34. The van der Waals surface area contributed by atoms with Crippen LogP contribution in [-0.4, -0.2) is 81.8 Å². The average molecular weight is 390 g/mol. The molecule has 2 N–H and O–H groups in total. The molecule has 1 fully saturated rings. The van der Waals surface area contributed by atoms with Gasteiger partial charge in [-0.15, -0.1) is 0 Å². The summed E-state index contributed by atoms with van der Waals surface area (Å²) in [6, 6.07) is 10.8. The van der Waals surface area contributed by atoms with E-state index in [-0.39, 0.29) is 0 Å². The number of hydrogen-bond donors (Lipinski definition) is 2. The molecule has 0 spiro atoms. The van der Waals surface area contributed by atoms with Gasteiger partial charge in [0.15, 0.2) is 5.96 Å². The van der Waals surface area contributed by atoms with Crippen LogP contribution in [0.2, 0.25) is 0 Å². The van der Waals surface area contributed by atoms with Gasteiger partial charge in [0.05, 0.1) is 0 Å². The number of benzene rings is 1. The van der Waals surface area contributed by atoms with Gasteiger partial charge in [-0.25, -0.2) is 0 Å². The number of aliphatic imine (C=N–C) groups is 1. The Morgan fingerprint density at radius 2 is 1.75 bits per heavy atom. The van der Waals surface area contributed by atoms with Crippen LogP contribution in [0.15, 0.2) is 35.3 Å². The highest BCUT2D eigenvalue weighted by Crippen LogP contribution is 2.08. The number of ether oxygens (including phenoxy) is 1. The molecule has 6 nitrogen and oxygen atoms in total.